The quantitative estimate of drug-likeness (QED) is 0.576. The van der Waals surface area contributed by atoms with Crippen molar-refractivity contribution in [3.8, 4) is 0 Å². The zero-order valence-electron chi connectivity index (χ0n) is 19.3. The number of nitrogens with one attached hydrogen (secondary N) is 2. The second-order valence-electron chi connectivity index (χ2n) is 9.69. The van der Waals surface area contributed by atoms with Crippen LogP contribution in [0, 0.1) is 5.92 Å². The van der Waals surface area contributed by atoms with Gasteiger partial charge in [0.15, 0.2) is 0 Å². The molecule has 1 aliphatic carbocycles. The number of aromatic nitrogens is 1. The van der Waals surface area contributed by atoms with Crippen molar-refractivity contribution in [2.75, 3.05) is 22.9 Å². The van der Waals surface area contributed by atoms with E-state index in [-0.39, 0.29) is 17.9 Å². The second kappa shape index (κ2) is 8.27. The SMILES string of the molecule is CCc1cc(NC(=O)C(=O)N2CC(C)CCC2c2cc(Cl)c3c(c2)C2(CC2)C(=O)N3)cnc1N. The number of hydrogen-bond acceptors (Lipinski definition) is 5. The van der Waals surface area contributed by atoms with Gasteiger partial charge in [-0.3, -0.25) is 14.4 Å². The first-order chi connectivity index (χ1) is 16.2. The number of likely N-dealkylation sites (tertiary alicyclic amines) is 1. The molecule has 2 fully saturated rings. The number of nitrogens with zero attached hydrogens (tertiary/aromatic N) is 2. The molecule has 2 aromatic rings. The van der Waals surface area contributed by atoms with Gasteiger partial charge in [0.1, 0.15) is 5.82 Å². The Balaban J connectivity index is 1.42. The third-order valence-electron chi connectivity index (χ3n) is 7.35. The number of fused-ring (bicyclic) bond motifs is 2. The highest BCUT2D eigenvalue weighted by Gasteiger charge is 2.57. The standard InChI is InChI=1S/C25H28ClN5O3/c1-3-14-8-16(11-28-21(14)27)29-22(32)23(33)31-12-13(2)4-5-19(31)15-9-17-20(18(26)10-15)30-24(34)25(17)6-7-25/h8-11,13,19H,3-7,12H2,1-2H3,(H2,27,28)(H,29,32)(H,30,34). The number of carbonyl (C=O) groups excluding carboxylic acids is 3. The number of aryl methyl sites for hydroxylation is 1. The molecule has 34 heavy (non-hydrogen) atoms. The molecule has 0 bridgehead atoms. The van der Waals surface area contributed by atoms with E-state index in [1.807, 2.05) is 19.1 Å². The number of amides is 3. The number of nitrogen functional groups attached to an aromatic ring is 1. The Kier molecular flexibility index (Phi) is 5.51. The van der Waals surface area contributed by atoms with Crippen molar-refractivity contribution in [2.45, 2.75) is 57.4 Å². The highest BCUT2D eigenvalue weighted by molar-refractivity contribution is 6.39. The van der Waals surface area contributed by atoms with Gasteiger partial charge >= 0.3 is 11.8 Å². The third kappa shape index (κ3) is 3.70. The molecular weight excluding hydrogens is 454 g/mol. The predicted molar refractivity (Wildman–Crippen MR) is 131 cm³/mol. The van der Waals surface area contributed by atoms with E-state index in [0.29, 0.717) is 41.6 Å². The monoisotopic (exact) mass is 481 g/mol. The van der Waals surface area contributed by atoms with Crippen molar-refractivity contribution in [1.82, 2.24) is 9.88 Å². The van der Waals surface area contributed by atoms with Crippen LogP contribution in [0.15, 0.2) is 24.4 Å². The molecule has 2 unspecified atom stereocenters. The van der Waals surface area contributed by atoms with E-state index in [1.165, 1.54) is 6.20 Å². The topological polar surface area (TPSA) is 117 Å². The highest BCUT2D eigenvalue weighted by atomic mass is 35.5. The fourth-order valence-electron chi connectivity index (χ4n) is 5.21. The van der Waals surface area contributed by atoms with Crippen LogP contribution in [0.2, 0.25) is 5.02 Å². The van der Waals surface area contributed by atoms with Crippen LogP contribution in [0.1, 0.15) is 62.3 Å². The van der Waals surface area contributed by atoms with Crippen molar-refractivity contribution >= 4 is 46.5 Å². The van der Waals surface area contributed by atoms with Gasteiger partial charge in [0.2, 0.25) is 5.91 Å². The summed E-state index contributed by atoms with van der Waals surface area (Å²) in [4.78, 5) is 44.5. The molecule has 1 spiro atoms. The highest BCUT2D eigenvalue weighted by Crippen LogP contribution is 2.57. The first-order valence-electron chi connectivity index (χ1n) is 11.7. The first kappa shape index (κ1) is 22.7. The maximum absolute atomic E-state index is 13.3. The lowest BCUT2D eigenvalue weighted by Gasteiger charge is -2.39. The number of hydrogen-bond donors (Lipinski definition) is 3. The molecule has 0 radical (unpaired) electrons. The number of carbonyl (C=O) groups is 3. The van der Waals surface area contributed by atoms with Crippen LogP contribution in [0.5, 0.6) is 0 Å². The van der Waals surface area contributed by atoms with Crippen molar-refractivity contribution in [3.63, 3.8) is 0 Å². The molecule has 3 amide bonds. The Hall–Kier alpha value is -3.13. The molecule has 1 aromatic carbocycles. The van der Waals surface area contributed by atoms with Crippen LogP contribution in [0.4, 0.5) is 17.2 Å². The van der Waals surface area contributed by atoms with Crippen LogP contribution >= 0.6 is 11.6 Å². The lowest BCUT2D eigenvalue weighted by Crippen LogP contribution is -2.46. The summed E-state index contributed by atoms with van der Waals surface area (Å²) in [5, 5.41) is 6.07. The van der Waals surface area contributed by atoms with Crippen LogP contribution < -0.4 is 16.4 Å². The Morgan fingerprint density at radius 1 is 1.29 bits per heavy atom. The van der Waals surface area contributed by atoms with Crippen LogP contribution in [0.25, 0.3) is 0 Å². The van der Waals surface area contributed by atoms with Crippen molar-refractivity contribution in [2.24, 2.45) is 5.92 Å². The molecule has 1 aromatic heterocycles. The zero-order valence-corrected chi connectivity index (χ0v) is 20.0. The summed E-state index contributed by atoms with van der Waals surface area (Å²) >= 11 is 6.57. The molecule has 2 aliphatic heterocycles. The Morgan fingerprint density at radius 2 is 2.06 bits per heavy atom. The first-order valence-corrected chi connectivity index (χ1v) is 12.1. The van der Waals surface area contributed by atoms with E-state index >= 15 is 0 Å². The van der Waals surface area contributed by atoms with Gasteiger partial charge in [-0.05, 0) is 66.8 Å². The summed E-state index contributed by atoms with van der Waals surface area (Å²) in [6.45, 7) is 4.48. The van der Waals surface area contributed by atoms with Crippen LogP contribution in [-0.4, -0.2) is 34.2 Å². The van der Waals surface area contributed by atoms with E-state index in [2.05, 4.69) is 22.5 Å². The van der Waals surface area contributed by atoms with Gasteiger partial charge in [-0.25, -0.2) is 4.98 Å². The number of anilines is 3. The number of nitrogens with two attached hydrogens (primary N) is 1. The fourth-order valence-corrected chi connectivity index (χ4v) is 5.49. The summed E-state index contributed by atoms with van der Waals surface area (Å²) in [5.41, 5.74) is 9.06. The molecule has 3 heterocycles. The number of benzene rings is 1. The van der Waals surface area contributed by atoms with Crippen LogP contribution in [0.3, 0.4) is 0 Å². The van der Waals surface area contributed by atoms with E-state index in [9.17, 15) is 14.4 Å². The van der Waals surface area contributed by atoms with E-state index in [4.69, 9.17) is 17.3 Å². The largest absolute Gasteiger partial charge is 0.383 e. The van der Waals surface area contributed by atoms with Gasteiger partial charge in [0.05, 0.1) is 34.1 Å². The Labute approximate surface area is 203 Å². The smallest absolute Gasteiger partial charge is 0.313 e. The molecule has 2 atom stereocenters. The van der Waals surface area contributed by atoms with Crippen LogP contribution in [-0.2, 0) is 26.2 Å². The van der Waals surface area contributed by atoms with Gasteiger partial charge < -0.3 is 21.3 Å². The summed E-state index contributed by atoms with van der Waals surface area (Å²) < 4.78 is 0. The molecule has 178 valence electrons. The Bertz CT molecular complexity index is 1210. The van der Waals surface area contributed by atoms with Crippen molar-refractivity contribution < 1.29 is 14.4 Å². The molecule has 3 aliphatic rings. The predicted octanol–water partition coefficient (Wildman–Crippen LogP) is 3.80. The minimum atomic E-state index is -0.713. The van der Waals surface area contributed by atoms with E-state index in [1.54, 1.807) is 11.0 Å². The molecule has 8 nitrogen and oxygen atoms in total. The molecule has 1 saturated carbocycles. The second-order valence-corrected chi connectivity index (χ2v) is 10.1. The number of rotatable bonds is 3. The normalized spacial score (nSPS) is 22.3. The van der Waals surface area contributed by atoms with Gasteiger partial charge in [0, 0.05) is 6.54 Å². The van der Waals surface area contributed by atoms with Gasteiger partial charge in [-0.15, -0.1) is 0 Å². The lowest BCUT2D eigenvalue weighted by molar-refractivity contribution is -0.146. The average molecular weight is 482 g/mol. The number of pyridine rings is 1. The number of piperidine rings is 1. The molecular formula is C25H28ClN5O3. The summed E-state index contributed by atoms with van der Waals surface area (Å²) in [5.74, 6) is -0.643. The molecule has 5 rings (SSSR count). The summed E-state index contributed by atoms with van der Waals surface area (Å²) in [6, 6.07) is 5.27. The summed E-state index contributed by atoms with van der Waals surface area (Å²) in [6.07, 6.45) is 5.36. The minimum absolute atomic E-state index is 0.00492. The van der Waals surface area contributed by atoms with Gasteiger partial charge in [-0.2, -0.15) is 0 Å². The minimum Gasteiger partial charge on any atom is -0.383 e. The molecule has 9 heteroatoms. The molecule has 4 N–H and O–H groups in total. The van der Waals surface area contributed by atoms with Crippen molar-refractivity contribution in [3.05, 3.63) is 46.1 Å². The van der Waals surface area contributed by atoms with Crippen molar-refractivity contribution in [1.29, 1.82) is 0 Å². The Morgan fingerprint density at radius 3 is 2.76 bits per heavy atom. The van der Waals surface area contributed by atoms with Gasteiger partial charge in [-0.1, -0.05) is 31.5 Å². The van der Waals surface area contributed by atoms with E-state index < -0.39 is 17.2 Å². The van der Waals surface area contributed by atoms with E-state index in [0.717, 1.165) is 36.0 Å². The third-order valence-corrected chi connectivity index (χ3v) is 7.65. The molecule has 1 saturated heterocycles. The average Bonchev–Trinajstić information content (AvgIpc) is 3.57. The fraction of sp³-hybridized carbons (Fsp3) is 0.440. The lowest BCUT2D eigenvalue weighted by atomic mass is 9.87. The maximum Gasteiger partial charge on any atom is 0.313 e. The zero-order chi connectivity index (χ0) is 24.2. The summed E-state index contributed by atoms with van der Waals surface area (Å²) in [7, 11) is 0. The van der Waals surface area contributed by atoms with Gasteiger partial charge in [0.25, 0.3) is 0 Å². The number of halogens is 1. The maximum atomic E-state index is 13.3.